The van der Waals surface area contributed by atoms with Crippen molar-refractivity contribution in [2.75, 3.05) is 18.4 Å². The SMILES string of the molecule is O=C(Nc1ccns1)N1CCCC(Cc2ncccn2)C1. The van der Waals surface area contributed by atoms with Gasteiger partial charge in [-0.3, -0.25) is 5.32 Å². The van der Waals surface area contributed by atoms with Gasteiger partial charge in [0.05, 0.1) is 0 Å². The Bertz CT molecular complexity index is 574. The summed E-state index contributed by atoms with van der Waals surface area (Å²) in [7, 11) is 0. The molecule has 3 heterocycles. The molecule has 6 nitrogen and oxygen atoms in total. The van der Waals surface area contributed by atoms with E-state index >= 15 is 0 Å². The first-order chi connectivity index (χ1) is 10.3. The van der Waals surface area contributed by atoms with Gasteiger partial charge in [0.1, 0.15) is 10.8 Å². The smallest absolute Gasteiger partial charge is 0.322 e. The molecule has 2 aromatic rings. The van der Waals surface area contributed by atoms with Gasteiger partial charge in [-0.2, -0.15) is 4.37 Å². The van der Waals surface area contributed by atoms with Gasteiger partial charge >= 0.3 is 6.03 Å². The topological polar surface area (TPSA) is 71.0 Å². The minimum Gasteiger partial charge on any atom is -0.324 e. The molecule has 1 saturated heterocycles. The molecule has 7 heteroatoms. The van der Waals surface area contributed by atoms with E-state index in [-0.39, 0.29) is 6.03 Å². The Kier molecular flexibility index (Phi) is 4.40. The monoisotopic (exact) mass is 303 g/mol. The molecule has 2 aromatic heterocycles. The van der Waals surface area contributed by atoms with Crippen LogP contribution in [0.5, 0.6) is 0 Å². The molecule has 0 saturated carbocycles. The third-order valence-electron chi connectivity index (χ3n) is 3.56. The fourth-order valence-corrected chi connectivity index (χ4v) is 3.06. The summed E-state index contributed by atoms with van der Waals surface area (Å²) in [4.78, 5) is 22.6. The number of hydrogen-bond donors (Lipinski definition) is 1. The van der Waals surface area contributed by atoms with E-state index in [1.165, 1.54) is 11.5 Å². The van der Waals surface area contributed by atoms with E-state index in [9.17, 15) is 4.79 Å². The van der Waals surface area contributed by atoms with Gasteiger partial charge in [0, 0.05) is 38.1 Å². The van der Waals surface area contributed by atoms with E-state index < -0.39 is 0 Å². The molecule has 21 heavy (non-hydrogen) atoms. The Labute approximate surface area is 127 Å². The largest absolute Gasteiger partial charge is 0.324 e. The lowest BCUT2D eigenvalue weighted by molar-refractivity contribution is 0.176. The summed E-state index contributed by atoms with van der Waals surface area (Å²) in [6, 6.07) is 3.58. The molecule has 0 spiro atoms. The third kappa shape index (κ3) is 3.75. The Morgan fingerprint density at radius 2 is 2.24 bits per heavy atom. The van der Waals surface area contributed by atoms with E-state index in [2.05, 4.69) is 19.7 Å². The average Bonchev–Trinajstić information content (AvgIpc) is 3.01. The van der Waals surface area contributed by atoms with Gasteiger partial charge in [-0.05, 0) is 42.4 Å². The number of amides is 2. The Morgan fingerprint density at radius 1 is 1.38 bits per heavy atom. The minimum absolute atomic E-state index is 0.0436. The number of rotatable bonds is 3. The van der Waals surface area contributed by atoms with Crippen LogP contribution in [-0.4, -0.2) is 38.4 Å². The van der Waals surface area contributed by atoms with Crippen molar-refractivity contribution in [1.29, 1.82) is 0 Å². The van der Waals surface area contributed by atoms with E-state index in [0.29, 0.717) is 5.92 Å². The van der Waals surface area contributed by atoms with Crippen LogP contribution >= 0.6 is 11.5 Å². The van der Waals surface area contributed by atoms with Crippen molar-refractivity contribution in [2.24, 2.45) is 5.92 Å². The molecule has 1 aliphatic heterocycles. The molecule has 3 rings (SSSR count). The van der Waals surface area contributed by atoms with Crippen LogP contribution in [0, 0.1) is 5.92 Å². The van der Waals surface area contributed by atoms with Crippen LogP contribution in [0.3, 0.4) is 0 Å². The normalized spacial score (nSPS) is 18.5. The van der Waals surface area contributed by atoms with Crippen LogP contribution in [0.25, 0.3) is 0 Å². The van der Waals surface area contributed by atoms with Crippen LogP contribution in [0.1, 0.15) is 18.7 Å². The first-order valence-electron chi connectivity index (χ1n) is 7.04. The third-order valence-corrected chi connectivity index (χ3v) is 4.23. The first kappa shape index (κ1) is 13.9. The second-order valence-electron chi connectivity index (χ2n) is 5.13. The fourth-order valence-electron chi connectivity index (χ4n) is 2.57. The highest BCUT2D eigenvalue weighted by Gasteiger charge is 2.24. The molecule has 0 radical (unpaired) electrons. The average molecular weight is 303 g/mol. The van der Waals surface area contributed by atoms with Gasteiger partial charge < -0.3 is 4.90 Å². The summed E-state index contributed by atoms with van der Waals surface area (Å²) in [5.41, 5.74) is 0. The highest BCUT2D eigenvalue weighted by molar-refractivity contribution is 7.10. The zero-order valence-corrected chi connectivity index (χ0v) is 12.4. The number of aromatic nitrogens is 3. The molecule has 1 N–H and O–H groups in total. The first-order valence-corrected chi connectivity index (χ1v) is 7.81. The van der Waals surface area contributed by atoms with Crippen LogP contribution in [0.4, 0.5) is 9.80 Å². The molecule has 1 unspecified atom stereocenters. The Hall–Kier alpha value is -2.02. The highest BCUT2D eigenvalue weighted by Crippen LogP contribution is 2.21. The second-order valence-corrected chi connectivity index (χ2v) is 5.96. The quantitative estimate of drug-likeness (QED) is 0.945. The number of hydrogen-bond acceptors (Lipinski definition) is 5. The molecular weight excluding hydrogens is 286 g/mol. The summed E-state index contributed by atoms with van der Waals surface area (Å²) < 4.78 is 3.98. The number of piperidine rings is 1. The number of anilines is 1. The molecule has 1 aliphatic rings. The number of carbonyl (C=O) groups is 1. The van der Waals surface area contributed by atoms with E-state index in [4.69, 9.17) is 0 Å². The molecule has 110 valence electrons. The van der Waals surface area contributed by atoms with Gasteiger partial charge in [-0.15, -0.1) is 0 Å². The van der Waals surface area contributed by atoms with Gasteiger partial charge in [-0.1, -0.05) is 0 Å². The predicted molar refractivity (Wildman–Crippen MR) is 81.2 cm³/mol. The molecular formula is C14H17N5OS. The number of carbonyl (C=O) groups excluding carboxylic acids is 1. The second kappa shape index (κ2) is 6.62. The van der Waals surface area contributed by atoms with Gasteiger partial charge in [0.2, 0.25) is 0 Å². The Balaban J connectivity index is 1.56. The molecule has 0 bridgehead atoms. The summed E-state index contributed by atoms with van der Waals surface area (Å²) >= 11 is 1.29. The summed E-state index contributed by atoms with van der Waals surface area (Å²) in [5.74, 6) is 1.28. The van der Waals surface area contributed by atoms with Crippen molar-refractivity contribution in [3.05, 3.63) is 36.5 Å². The maximum atomic E-state index is 12.2. The predicted octanol–water partition coefficient (Wildman–Crippen LogP) is 2.42. The van der Waals surface area contributed by atoms with E-state index in [1.807, 2.05) is 17.0 Å². The van der Waals surface area contributed by atoms with Crippen molar-refractivity contribution < 1.29 is 4.79 Å². The van der Waals surface area contributed by atoms with Crippen molar-refractivity contribution in [3.63, 3.8) is 0 Å². The van der Waals surface area contributed by atoms with Gasteiger partial charge in [0.25, 0.3) is 0 Å². The fraction of sp³-hybridized carbons (Fsp3) is 0.429. The number of nitrogens with one attached hydrogen (secondary N) is 1. The molecule has 0 aromatic carbocycles. The van der Waals surface area contributed by atoms with Gasteiger partial charge in [0.15, 0.2) is 0 Å². The number of nitrogens with zero attached hydrogens (tertiary/aromatic N) is 4. The van der Waals surface area contributed by atoms with Gasteiger partial charge in [-0.25, -0.2) is 14.8 Å². The molecule has 1 fully saturated rings. The van der Waals surface area contributed by atoms with Crippen molar-refractivity contribution >= 4 is 22.6 Å². The van der Waals surface area contributed by atoms with E-state index in [1.54, 1.807) is 18.6 Å². The standard InChI is InChI=1S/C14H17N5OS/c20-14(18-13-4-7-17-21-13)19-8-1-3-11(10-19)9-12-15-5-2-6-16-12/h2,4-7,11H,1,3,8-10H2,(H,18,20). The van der Waals surface area contributed by atoms with Crippen LogP contribution in [0.2, 0.25) is 0 Å². The lowest BCUT2D eigenvalue weighted by atomic mass is 9.94. The summed E-state index contributed by atoms with van der Waals surface area (Å²) in [6.07, 6.45) is 8.17. The lowest BCUT2D eigenvalue weighted by Crippen LogP contribution is -2.42. The molecule has 0 aliphatic carbocycles. The maximum Gasteiger partial charge on any atom is 0.322 e. The summed E-state index contributed by atoms with van der Waals surface area (Å²) in [5, 5.41) is 3.67. The lowest BCUT2D eigenvalue weighted by Gasteiger charge is -2.32. The Morgan fingerprint density at radius 3 is 3.00 bits per heavy atom. The zero-order chi connectivity index (χ0) is 14.5. The molecule has 1 atom stereocenters. The van der Waals surface area contributed by atoms with Crippen molar-refractivity contribution in [2.45, 2.75) is 19.3 Å². The van der Waals surface area contributed by atoms with Crippen LogP contribution in [0.15, 0.2) is 30.7 Å². The summed E-state index contributed by atoms with van der Waals surface area (Å²) in [6.45, 7) is 1.56. The minimum atomic E-state index is -0.0436. The zero-order valence-electron chi connectivity index (χ0n) is 11.6. The number of urea groups is 1. The van der Waals surface area contributed by atoms with Crippen LogP contribution in [-0.2, 0) is 6.42 Å². The number of likely N-dealkylation sites (tertiary alicyclic amines) is 1. The van der Waals surface area contributed by atoms with E-state index in [0.717, 1.165) is 43.2 Å². The molecule has 2 amide bonds. The van der Waals surface area contributed by atoms with Crippen LogP contribution < -0.4 is 5.32 Å². The van der Waals surface area contributed by atoms with Crippen molar-refractivity contribution in [3.8, 4) is 0 Å². The van der Waals surface area contributed by atoms with Crippen molar-refractivity contribution in [1.82, 2.24) is 19.2 Å². The maximum absolute atomic E-state index is 12.2. The highest BCUT2D eigenvalue weighted by atomic mass is 32.1.